The normalized spacial score (nSPS) is 11.1. The van der Waals surface area contributed by atoms with Crippen LogP contribution in [0.2, 0.25) is 0 Å². The first-order valence-electron chi connectivity index (χ1n) is 11.8. The third-order valence-electron chi connectivity index (χ3n) is 6.28. The summed E-state index contributed by atoms with van der Waals surface area (Å²) in [6.07, 6.45) is 1.65. The Bertz CT molecular complexity index is 1720. The van der Waals surface area contributed by atoms with Gasteiger partial charge >= 0.3 is 0 Å². The van der Waals surface area contributed by atoms with Gasteiger partial charge in [-0.3, -0.25) is 19.3 Å². The first-order valence-corrected chi connectivity index (χ1v) is 11.8. The van der Waals surface area contributed by atoms with Crippen molar-refractivity contribution in [2.75, 3.05) is 0 Å². The largest absolute Gasteiger partial charge is 0.485 e. The minimum atomic E-state index is -0.446. The Hall–Kier alpha value is -4.79. The predicted octanol–water partition coefficient (Wildman–Crippen LogP) is 5.27. The van der Waals surface area contributed by atoms with Crippen molar-refractivity contribution in [3.05, 3.63) is 115 Å². The number of hydrogen-bond acceptors (Lipinski definition) is 6. The highest BCUT2D eigenvalue weighted by molar-refractivity contribution is 5.66. The van der Waals surface area contributed by atoms with E-state index >= 15 is 0 Å². The van der Waals surface area contributed by atoms with Gasteiger partial charge in [-0.25, -0.2) is 9.67 Å². The van der Waals surface area contributed by atoms with E-state index in [-0.39, 0.29) is 17.9 Å². The van der Waals surface area contributed by atoms with Gasteiger partial charge in [0.15, 0.2) is 11.4 Å². The molecule has 0 saturated heterocycles. The van der Waals surface area contributed by atoms with Gasteiger partial charge in [-0.05, 0) is 80.8 Å². The van der Waals surface area contributed by atoms with Gasteiger partial charge in [-0.1, -0.05) is 12.1 Å². The smallest absolute Gasteiger partial charge is 0.269 e. The molecule has 0 saturated carbocycles. The number of hydrogen-bond donors (Lipinski definition) is 0. The molecule has 9 heteroatoms. The molecule has 0 spiro atoms. The summed E-state index contributed by atoms with van der Waals surface area (Å²) in [6, 6.07) is 17.7. The number of ether oxygens (including phenoxy) is 1. The van der Waals surface area contributed by atoms with E-state index in [1.165, 1.54) is 16.5 Å². The molecule has 9 nitrogen and oxygen atoms in total. The SMILES string of the molecule is Cc1ccc(C)c(-n2nc(-c3c(C)nc4c(OCc5ccc([N+](=O)[O-])cc5)cccn4c3=O)cc2C)c1. The van der Waals surface area contributed by atoms with Crippen LogP contribution < -0.4 is 10.3 Å². The Morgan fingerprint density at radius 2 is 1.76 bits per heavy atom. The fourth-order valence-corrected chi connectivity index (χ4v) is 4.31. The Kier molecular flexibility index (Phi) is 6.04. The maximum absolute atomic E-state index is 13.6. The molecule has 0 aliphatic rings. The van der Waals surface area contributed by atoms with Crippen molar-refractivity contribution < 1.29 is 9.66 Å². The molecular weight excluding hydrogens is 470 g/mol. The summed E-state index contributed by atoms with van der Waals surface area (Å²) in [5.74, 6) is 0.435. The van der Waals surface area contributed by atoms with Gasteiger partial charge in [0.1, 0.15) is 12.3 Å². The van der Waals surface area contributed by atoms with E-state index in [4.69, 9.17) is 14.8 Å². The lowest BCUT2D eigenvalue weighted by molar-refractivity contribution is -0.384. The Labute approximate surface area is 212 Å². The third kappa shape index (κ3) is 4.47. The Morgan fingerprint density at radius 3 is 2.49 bits per heavy atom. The van der Waals surface area contributed by atoms with Crippen molar-refractivity contribution in [3.63, 3.8) is 0 Å². The van der Waals surface area contributed by atoms with Crippen LogP contribution in [0.4, 0.5) is 5.69 Å². The van der Waals surface area contributed by atoms with Gasteiger partial charge in [-0.15, -0.1) is 0 Å². The summed E-state index contributed by atoms with van der Waals surface area (Å²) in [5.41, 5.74) is 6.54. The number of rotatable bonds is 6. The molecule has 2 aromatic carbocycles. The molecule has 5 rings (SSSR count). The topological polar surface area (TPSA) is 105 Å². The summed E-state index contributed by atoms with van der Waals surface area (Å²) in [7, 11) is 0. The van der Waals surface area contributed by atoms with Gasteiger partial charge < -0.3 is 4.74 Å². The van der Waals surface area contributed by atoms with Crippen molar-refractivity contribution in [2.24, 2.45) is 0 Å². The van der Waals surface area contributed by atoms with Crippen molar-refractivity contribution in [1.82, 2.24) is 19.2 Å². The monoisotopic (exact) mass is 495 g/mol. The van der Waals surface area contributed by atoms with E-state index in [2.05, 4.69) is 18.2 Å². The minimum Gasteiger partial charge on any atom is -0.485 e. The standard InChI is InChI=1S/C28H25N5O4/c1-17-7-8-18(2)24(14-17)32-19(3)15-23(30-32)26-20(4)29-27-25(6-5-13-31(27)28(26)34)37-16-21-9-11-22(12-10-21)33(35)36/h5-15H,16H2,1-4H3. The number of non-ortho nitro benzene ring substituents is 1. The lowest BCUT2D eigenvalue weighted by atomic mass is 10.1. The molecule has 0 radical (unpaired) electrons. The lowest BCUT2D eigenvalue weighted by Gasteiger charge is -2.12. The van der Waals surface area contributed by atoms with Gasteiger partial charge in [0.05, 0.1) is 21.9 Å². The molecule has 0 fully saturated rings. The number of pyridine rings is 1. The first kappa shape index (κ1) is 23.9. The lowest BCUT2D eigenvalue weighted by Crippen LogP contribution is -2.19. The van der Waals surface area contributed by atoms with Gasteiger partial charge in [0.2, 0.25) is 0 Å². The summed E-state index contributed by atoms with van der Waals surface area (Å²) in [4.78, 5) is 28.7. The highest BCUT2D eigenvalue weighted by Gasteiger charge is 2.19. The van der Waals surface area contributed by atoms with Crippen molar-refractivity contribution in [2.45, 2.75) is 34.3 Å². The molecule has 0 N–H and O–H groups in total. The van der Waals surface area contributed by atoms with Crippen LogP contribution in [-0.4, -0.2) is 24.1 Å². The van der Waals surface area contributed by atoms with Crippen LogP contribution in [0.1, 0.15) is 28.1 Å². The zero-order valence-corrected chi connectivity index (χ0v) is 20.9. The summed E-state index contributed by atoms with van der Waals surface area (Å²) in [6.45, 7) is 7.99. The zero-order chi connectivity index (χ0) is 26.3. The van der Waals surface area contributed by atoms with Crippen molar-refractivity contribution >= 4 is 11.3 Å². The maximum atomic E-state index is 13.6. The van der Waals surface area contributed by atoms with Crippen LogP contribution in [0.25, 0.3) is 22.6 Å². The Balaban J connectivity index is 1.52. The van der Waals surface area contributed by atoms with Gasteiger partial charge in [0, 0.05) is 24.0 Å². The first-order chi connectivity index (χ1) is 17.7. The van der Waals surface area contributed by atoms with Crippen molar-refractivity contribution in [3.8, 4) is 22.7 Å². The van der Waals surface area contributed by atoms with Crippen LogP contribution in [-0.2, 0) is 6.61 Å². The highest BCUT2D eigenvalue weighted by atomic mass is 16.6. The number of aromatic nitrogens is 4. The predicted molar refractivity (Wildman–Crippen MR) is 140 cm³/mol. The molecule has 37 heavy (non-hydrogen) atoms. The van der Waals surface area contributed by atoms with Crippen LogP contribution >= 0.6 is 0 Å². The fraction of sp³-hybridized carbons (Fsp3) is 0.179. The quantitative estimate of drug-likeness (QED) is 0.235. The zero-order valence-electron chi connectivity index (χ0n) is 20.9. The van der Waals surface area contributed by atoms with E-state index in [9.17, 15) is 14.9 Å². The van der Waals surface area contributed by atoms with E-state index in [1.54, 1.807) is 37.4 Å². The summed E-state index contributed by atoms with van der Waals surface area (Å²) in [5, 5.41) is 15.7. The molecule has 5 aromatic rings. The number of nitrogens with zero attached hydrogens (tertiary/aromatic N) is 5. The molecule has 186 valence electrons. The second-order valence-corrected chi connectivity index (χ2v) is 9.03. The van der Waals surface area contributed by atoms with E-state index in [1.807, 2.05) is 31.5 Å². The Morgan fingerprint density at radius 1 is 1.00 bits per heavy atom. The highest BCUT2D eigenvalue weighted by Crippen LogP contribution is 2.26. The third-order valence-corrected chi connectivity index (χ3v) is 6.28. The molecule has 3 aromatic heterocycles. The second-order valence-electron chi connectivity index (χ2n) is 9.03. The summed E-state index contributed by atoms with van der Waals surface area (Å²) >= 11 is 0. The van der Waals surface area contributed by atoms with E-state index in [0.29, 0.717) is 28.3 Å². The number of fused-ring (bicyclic) bond motifs is 1. The van der Waals surface area contributed by atoms with Crippen LogP contribution in [0.3, 0.4) is 0 Å². The van der Waals surface area contributed by atoms with E-state index in [0.717, 1.165) is 28.1 Å². The number of nitro benzene ring substituents is 1. The number of benzene rings is 2. The molecule has 0 amide bonds. The van der Waals surface area contributed by atoms with Crippen LogP contribution in [0.15, 0.2) is 71.7 Å². The molecule has 0 bridgehead atoms. The fourth-order valence-electron chi connectivity index (χ4n) is 4.31. The molecular formula is C28H25N5O4. The summed E-state index contributed by atoms with van der Waals surface area (Å²) < 4.78 is 9.27. The molecule has 0 atom stereocenters. The minimum absolute atomic E-state index is 0.0144. The number of nitro groups is 1. The molecule has 0 unspecified atom stereocenters. The average Bonchev–Trinajstić information content (AvgIpc) is 3.25. The average molecular weight is 496 g/mol. The maximum Gasteiger partial charge on any atom is 0.269 e. The van der Waals surface area contributed by atoms with Gasteiger partial charge in [0.25, 0.3) is 11.2 Å². The number of aryl methyl sites for hydroxylation is 4. The van der Waals surface area contributed by atoms with Crippen molar-refractivity contribution in [1.29, 1.82) is 0 Å². The molecule has 0 aliphatic heterocycles. The second kappa shape index (κ2) is 9.34. The van der Waals surface area contributed by atoms with Crippen LogP contribution in [0, 0.1) is 37.8 Å². The molecule has 3 heterocycles. The van der Waals surface area contributed by atoms with E-state index < -0.39 is 4.92 Å². The van der Waals surface area contributed by atoms with Crippen LogP contribution in [0.5, 0.6) is 5.75 Å². The molecule has 0 aliphatic carbocycles. The van der Waals surface area contributed by atoms with Gasteiger partial charge in [-0.2, -0.15) is 5.10 Å².